The fourth-order valence-electron chi connectivity index (χ4n) is 3.03. The zero-order chi connectivity index (χ0) is 20.4. The molecule has 1 fully saturated rings. The number of sulfonamides is 2. The van der Waals surface area contributed by atoms with Gasteiger partial charge in [0.1, 0.15) is 5.75 Å². The number of hydrogen-bond donors (Lipinski definition) is 0. The van der Waals surface area contributed by atoms with Gasteiger partial charge < -0.3 is 4.74 Å². The smallest absolute Gasteiger partial charge is 0.243 e. The topological polar surface area (TPSA) is 84.0 Å². The van der Waals surface area contributed by atoms with Crippen LogP contribution in [0.15, 0.2) is 58.3 Å². The van der Waals surface area contributed by atoms with Crippen molar-refractivity contribution >= 4 is 20.0 Å². The van der Waals surface area contributed by atoms with Crippen LogP contribution in [0.2, 0.25) is 0 Å². The molecule has 1 aliphatic heterocycles. The van der Waals surface area contributed by atoms with Crippen LogP contribution in [0, 0.1) is 6.92 Å². The number of hydrogen-bond acceptors (Lipinski definition) is 5. The highest BCUT2D eigenvalue weighted by Crippen LogP contribution is 2.23. The van der Waals surface area contributed by atoms with Gasteiger partial charge in [-0.25, -0.2) is 16.8 Å². The number of nitrogens with zero attached hydrogens (tertiary/aromatic N) is 2. The third kappa shape index (κ3) is 4.22. The lowest BCUT2D eigenvalue weighted by molar-refractivity contribution is 0.273. The highest BCUT2D eigenvalue weighted by Gasteiger charge is 2.33. The minimum absolute atomic E-state index is 0.112. The van der Waals surface area contributed by atoms with Crippen LogP contribution in [0.25, 0.3) is 0 Å². The molecule has 9 heteroatoms. The second-order valence-corrected chi connectivity index (χ2v) is 10.4. The van der Waals surface area contributed by atoms with Crippen LogP contribution in [-0.2, 0) is 20.0 Å². The van der Waals surface area contributed by atoms with Crippen molar-refractivity contribution in [3.63, 3.8) is 0 Å². The molecule has 0 radical (unpaired) electrons. The van der Waals surface area contributed by atoms with E-state index in [9.17, 15) is 16.8 Å². The molecule has 0 bridgehead atoms. The summed E-state index contributed by atoms with van der Waals surface area (Å²) in [5.74, 6) is 0.607. The Morgan fingerprint density at radius 2 is 1.14 bits per heavy atom. The Kier molecular flexibility index (Phi) is 6.09. The van der Waals surface area contributed by atoms with Crippen molar-refractivity contribution in [1.29, 1.82) is 0 Å². The molecule has 1 saturated heterocycles. The predicted molar refractivity (Wildman–Crippen MR) is 106 cm³/mol. The summed E-state index contributed by atoms with van der Waals surface area (Å²) in [6, 6.07) is 12.9. The molecule has 0 atom stereocenters. The summed E-state index contributed by atoms with van der Waals surface area (Å²) in [6.45, 7) is 4.71. The molecule has 2 aromatic carbocycles. The molecule has 0 spiro atoms. The summed E-state index contributed by atoms with van der Waals surface area (Å²) >= 11 is 0. The standard InChI is InChI=1S/C19H24N2O5S2/c1-3-26-17-6-10-19(11-7-17)28(24,25)21-14-12-20(13-15-21)27(22,23)18-8-4-16(2)5-9-18/h4-11H,3,12-15H2,1-2H3. The summed E-state index contributed by atoms with van der Waals surface area (Å²) in [7, 11) is -7.31. The molecule has 28 heavy (non-hydrogen) atoms. The van der Waals surface area contributed by atoms with Crippen LogP contribution in [0.1, 0.15) is 12.5 Å². The van der Waals surface area contributed by atoms with Gasteiger partial charge in [0.05, 0.1) is 16.4 Å². The number of benzene rings is 2. The van der Waals surface area contributed by atoms with Crippen LogP contribution in [0.5, 0.6) is 5.75 Å². The van der Waals surface area contributed by atoms with Crippen molar-refractivity contribution in [2.75, 3.05) is 32.8 Å². The summed E-state index contributed by atoms with van der Waals surface area (Å²) in [4.78, 5) is 0.395. The SMILES string of the molecule is CCOc1ccc(S(=O)(=O)N2CCN(S(=O)(=O)c3ccc(C)cc3)CC2)cc1. The Bertz CT molecular complexity index is 1010. The third-order valence-corrected chi connectivity index (χ3v) is 8.45. The lowest BCUT2D eigenvalue weighted by atomic mass is 10.2. The number of ether oxygens (including phenoxy) is 1. The van der Waals surface area contributed by atoms with Gasteiger partial charge in [0.15, 0.2) is 0 Å². The number of rotatable bonds is 6. The molecule has 0 unspecified atom stereocenters. The molecule has 7 nitrogen and oxygen atoms in total. The largest absolute Gasteiger partial charge is 0.494 e. The first kappa shape index (κ1) is 20.8. The van der Waals surface area contributed by atoms with Crippen LogP contribution in [0.4, 0.5) is 0 Å². The van der Waals surface area contributed by atoms with Gasteiger partial charge in [-0.05, 0) is 50.2 Å². The van der Waals surface area contributed by atoms with Crippen LogP contribution in [0.3, 0.4) is 0 Å². The van der Waals surface area contributed by atoms with Gasteiger partial charge >= 0.3 is 0 Å². The van der Waals surface area contributed by atoms with Crippen molar-refractivity contribution in [3.8, 4) is 5.75 Å². The number of aryl methyl sites for hydroxylation is 1. The van der Waals surface area contributed by atoms with E-state index in [-0.39, 0.29) is 36.0 Å². The molecular formula is C19H24N2O5S2. The Balaban J connectivity index is 1.71. The molecule has 0 aromatic heterocycles. The quantitative estimate of drug-likeness (QED) is 0.709. The van der Waals surface area contributed by atoms with Gasteiger partial charge in [-0.15, -0.1) is 0 Å². The molecule has 0 N–H and O–H groups in total. The van der Waals surface area contributed by atoms with Crippen LogP contribution >= 0.6 is 0 Å². The molecule has 0 amide bonds. The third-order valence-electron chi connectivity index (χ3n) is 4.63. The predicted octanol–water partition coefficient (Wildman–Crippen LogP) is 2.09. The zero-order valence-electron chi connectivity index (χ0n) is 15.9. The monoisotopic (exact) mass is 424 g/mol. The minimum atomic E-state index is -3.68. The maximum absolute atomic E-state index is 12.8. The zero-order valence-corrected chi connectivity index (χ0v) is 17.5. The van der Waals surface area contributed by atoms with Crippen molar-refractivity contribution in [3.05, 3.63) is 54.1 Å². The Labute approximate surface area is 166 Å². The average molecular weight is 425 g/mol. The second-order valence-electron chi connectivity index (χ2n) is 6.53. The van der Waals surface area contributed by atoms with Gasteiger partial charge in [0.25, 0.3) is 0 Å². The minimum Gasteiger partial charge on any atom is -0.494 e. The Hall–Kier alpha value is -1.94. The molecule has 0 aliphatic carbocycles. The molecule has 1 heterocycles. The van der Waals surface area contributed by atoms with Crippen LogP contribution < -0.4 is 4.74 Å². The fourth-order valence-corrected chi connectivity index (χ4v) is 5.88. The Morgan fingerprint density at radius 3 is 1.54 bits per heavy atom. The summed E-state index contributed by atoms with van der Waals surface area (Å²) in [5, 5.41) is 0. The maximum Gasteiger partial charge on any atom is 0.243 e. The Morgan fingerprint density at radius 1 is 0.750 bits per heavy atom. The van der Waals surface area contributed by atoms with Crippen molar-refractivity contribution in [2.45, 2.75) is 23.6 Å². The molecule has 3 rings (SSSR count). The highest BCUT2D eigenvalue weighted by atomic mass is 32.2. The first-order valence-electron chi connectivity index (χ1n) is 9.05. The lowest BCUT2D eigenvalue weighted by Gasteiger charge is -2.33. The summed E-state index contributed by atoms with van der Waals surface area (Å²) in [5.41, 5.74) is 0.977. The molecular weight excluding hydrogens is 400 g/mol. The van der Waals surface area contributed by atoms with E-state index in [2.05, 4.69) is 0 Å². The highest BCUT2D eigenvalue weighted by molar-refractivity contribution is 7.89. The fraction of sp³-hybridized carbons (Fsp3) is 0.368. The molecule has 2 aromatic rings. The first-order chi connectivity index (χ1) is 13.2. The van der Waals surface area contributed by atoms with E-state index >= 15 is 0 Å². The lowest BCUT2D eigenvalue weighted by Crippen LogP contribution is -2.50. The number of piperazine rings is 1. The van der Waals surface area contributed by atoms with E-state index in [1.54, 1.807) is 36.4 Å². The van der Waals surface area contributed by atoms with Crippen LogP contribution in [-0.4, -0.2) is 58.2 Å². The van der Waals surface area contributed by atoms with Crippen molar-refractivity contribution < 1.29 is 21.6 Å². The maximum atomic E-state index is 12.8. The van der Waals surface area contributed by atoms with E-state index in [1.807, 2.05) is 13.8 Å². The van der Waals surface area contributed by atoms with E-state index in [0.29, 0.717) is 12.4 Å². The summed E-state index contributed by atoms with van der Waals surface area (Å²) in [6.07, 6.45) is 0. The van der Waals surface area contributed by atoms with Gasteiger partial charge in [-0.2, -0.15) is 8.61 Å². The van der Waals surface area contributed by atoms with E-state index in [4.69, 9.17) is 4.74 Å². The van der Waals surface area contributed by atoms with E-state index in [0.717, 1.165) is 5.56 Å². The van der Waals surface area contributed by atoms with Gasteiger partial charge in [0.2, 0.25) is 20.0 Å². The van der Waals surface area contributed by atoms with Gasteiger partial charge in [-0.1, -0.05) is 17.7 Å². The normalized spacial score (nSPS) is 16.8. The van der Waals surface area contributed by atoms with Gasteiger partial charge in [-0.3, -0.25) is 0 Å². The van der Waals surface area contributed by atoms with Crippen molar-refractivity contribution in [1.82, 2.24) is 8.61 Å². The first-order valence-corrected chi connectivity index (χ1v) is 11.9. The molecule has 152 valence electrons. The van der Waals surface area contributed by atoms with E-state index in [1.165, 1.54) is 20.7 Å². The summed E-state index contributed by atoms with van der Waals surface area (Å²) < 4.78 is 59.2. The molecule has 0 saturated carbocycles. The molecule has 1 aliphatic rings. The van der Waals surface area contributed by atoms with Gasteiger partial charge in [0, 0.05) is 26.2 Å². The van der Waals surface area contributed by atoms with E-state index < -0.39 is 20.0 Å². The van der Waals surface area contributed by atoms with Crippen molar-refractivity contribution in [2.24, 2.45) is 0 Å². The average Bonchev–Trinajstić information content (AvgIpc) is 2.69. The second kappa shape index (κ2) is 8.20.